The molecule has 0 aliphatic rings. The van der Waals surface area contributed by atoms with Crippen LogP contribution in [0.4, 0.5) is 13.2 Å². The summed E-state index contributed by atoms with van der Waals surface area (Å²) in [7, 11) is 0. The molecule has 0 atom stereocenters. The lowest BCUT2D eigenvalue weighted by Crippen LogP contribution is -2.31. The molecule has 23 heavy (non-hydrogen) atoms. The minimum absolute atomic E-state index is 0.0431. The maximum atomic E-state index is 13.0. The number of hydrogen-bond acceptors (Lipinski definition) is 4. The molecule has 6 nitrogen and oxygen atoms in total. The molecule has 0 aliphatic carbocycles. The van der Waals surface area contributed by atoms with E-state index in [0.29, 0.717) is 13.1 Å². The summed E-state index contributed by atoms with van der Waals surface area (Å²) in [5.74, 6) is -0.487. The van der Waals surface area contributed by atoms with E-state index in [1.807, 2.05) is 6.92 Å². The summed E-state index contributed by atoms with van der Waals surface area (Å²) in [6.45, 7) is 3.69. The summed E-state index contributed by atoms with van der Waals surface area (Å²) >= 11 is 0. The SMILES string of the molecule is CCNCCNC(=O)c1cn(-c2ccccc2C(F)(F)F)nn1. The first-order chi connectivity index (χ1) is 10.9. The maximum absolute atomic E-state index is 13.0. The molecule has 1 amide bonds. The predicted octanol–water partition coefficient (Wildman–Crippen LogP) is 1.63. The van der Waals surface area contributed by atoms with Crippen LogP contribution in [-0.2, 0) is 6.18 Å². The van der Waals surface area contributed by atoms with Crippen molar-refractivity contribution in [1.29, 1.82) is 0 Å². The van der Waals surface area contributed by atoms with E-state index in [0.717, 1.165) is 17.3 Å². The van der Waals surface area contributed by atoms with Crippen LogP contribution in [0.25, 0.3) is 5.69 Å². The fraction of sp³-hybridized carbons (Fsp3) is 0.357. The molecular weight excluding hydrogens is 311 g/mol. The first kappa shape index (κ1) is 16.9. The summed E-state index contributed by atoms with van der Waals surface area (Å²) in [4.78, 5) is 11.9. The second kappa shape index (κ2) is 7.23. The largest absolute Gasteiger partial charge is 0.418 e. The van der Waals surface area contributed by atoms with Gasteiger partial charge in [-0.25, -0.2) is 4.68 Å². The van der Waals surface area contributed by atoms with Crippen molar-refractivity contribution in [3.05, 3.63) is 41.7 Å². The zero-order chi connectivity index (χ0) is 16.9. The number of benzene rings is 1. The van der Waals surface area contributed by atoms with Crippen molar-refractivity contribution in [3.8, 4) is 5.69 Å². The van der Waals surface area contributed by atoms with Crippen molar-refractivity contribution < 1.29 is 18.0 Å². The number of rotatable bonds is 6. The highest BCUT2D eigenvalue weighted by Gasteiger charge is 2.34. The fourth-order valence-corrected chi connectivity index (χ4v) is 1.93. The van der Waals surface area contributed by atoms with Crippen molar-refractivity contribution in [2.45, 2.75) is 13.1 Å². The van der Waals surface area contributed by atoms with Crippen molar-refractivity contribution >= 4 is 5.91 Å². The van der Waals surface area contributed by atoms with Crippen LogP contribution in [0, 0.1) is 0 Å². The van der Waals surface area contributed by atoms with Crippen LogP contribution in [0.5, 0.6) is 0 Å². The molecule has 124 valence electrons. The Labute approximate surface area is 130 Å². The van der Waals surface area contributed by atoms with E-state index in [4.69, 9.17) is 0 Å². The number of aromatic nitrogens is 3. The van der Waals surface area contributed by atoms with Gasteiger partial charge in [0.05, 0.1) is 17.4 Å². The van der Waals surface area contributed by atoms with Gasteiger partial charge in [0.15, 0.2) is 5.69 Å². The predicted molar refractivity (Wildman–Crippen MR) is 77.2 cm³/mol. The Bertz CT molecular complexity index is 668. The van der Waals surface area contributed by atoms with Crippen molar-refractivity contribution in [2.24, 2.45) is 0 Å². The molecular formula is C14H16F3N5O. The van der Waals surface area contributed by atoms with Gasteiger partial charge in [-0.1, -0.05) is 24.3 Å². The monoisotopic (exact) mass is 327 g/mol. The highest BCUT2D eigenvalue weighted by molar-refractivity contribution is 5.91. The molecule has 1 aromatic heterocycles. The number of para-hydroxylation sites is 1. The molecule has 2 N–H and O–H groups in total. The Morgan fingerprint density at radius 1 is 1.26 bits per heavy atom. The quantitative estimate of drug-likeness (QED) is 0.791. The van der Waals surface area contributed by atoms with Gasteiger partial charge < -0.3 is 10.6 Å². The molecule has 0 spiro atoms. The van der Waals surface area contributed by atoms with E-state index >= 15 is 0 Å². The number of hydrogen-bond donors (Lipinski definition) is 2. The molecule has 1 aromatic carbocycles. The molecule has 2 aromatic rings. The first-order valence-electron chi connectivity index (χ1n) is 7.01. The van der Waals surface area contributed by atoms with Crippen LogP contribution in [-0.4, -0.2) is 40.5 Å². The van der Waals surface area contributed by atoms with E-state index in [9.17, 15) is 18.0 Å². The van der Waals surface area contributed by atoms with Gasteiger partial charge in [-0.2, -0.15) is 13.2 Å². The van der Waals surface area contributed by atoms with E-state index in [-0.39, 0.29) is 11.4 Å². The molecule has 0 bridgehead atoms. The smallest absolute Gasteiger partial charge is 0.349 e. The van der Waals surface area contributed by atoms with Crippen molar-refractivity contribution in [3.63, 3.8) is 0 Å². The van der Waals surface area contributed by atoms with Crippen LogP contribution in [0.15, 0.2) is 30.5 Å². The van der Waals surface area contributed by atoms with E-state index in [2.05, 4.69) is 20.9 Å². The Morgan fingerprint density at radius 2 is 2.00 bits per heavy atom. The summed E-state index contributed by atoms with van der Waals surface area (Å²) in [6, 6.07) is 4.97. The average Bonchev–Trinajstić information content (AvgIpc) is 3.00. The van der Waals surface area contributed by atoms with E-state index in [1.165, 1.54) is 24.4 Å². The number of alkyl halides is 3. The number of carbonyl (C=O) groups is 1. The molecule has 0 fully saturated rings. The first-order valence-corrected chi connectivity index (χ1v) is 7.01. The van der Waals surface area contributed by atoms with E-state index < -0.39 is 17.6 Å². The maximum Gasteiger partial charge on any atom is 0.418 e. The molecule has 0 aliphatic heterocycles. The van der Waals surface area contributed by atoms with Crippen LogP contribution in [0.1, 0.15) is 23.0 Å². The van der Waals surface area contributed by atoms with Gasteiger partial charge in [-0.3, -0.25) is 4.79 Å². The lowest BCUT2D eigenvalue weighted by molar-refractivity contribution is -0.137. The van der Waals surface area contributed by atoms with Crippen LogP contribution in [0.2, 0.25) is 0 Å². The normalized spacial score (nSPS) is 11.5. The lowest BCUT2D eigenvalue weighted by Gasteiger charge is -2.11. The summed E-state index contributed by atoms with van der Waals surface area (Å²) in [5.41, 5.74) is -1.07. The molecule has 0 saturated heterocycles. The number of amides is 1. The second-order valence-corrected chi connectivity index (χ2v) is 4.67. The lowest BCUT2D eigenvalue weighted by atomic mass is 10.1. The molecule has 0 unspecified atom stereocenters. The fourth-order valence-electron chi connectivity index (χ4n) is 1.93. The van der Waals surface area contributed by atoms with Crippen LogP contribution < -0.4 is 10.6 Å². The number of likely N-dealkylation sites (N-methyl/N-ethyl adjacent to an activating group) is 1. The Kier molecular flexibility index (Phi) is 5.32. The molecule has 9 heteroatoms. The van der Waals surface area contributed by atoms with Gasteiger partial charge >= 0.3 is 6.18 Å². The summed E-state index contributed by atoms with van der Waals surface area (Å²) in [6.07, 6.45) is -3.34. The highest BCUT2D eigenvalue weighted by Crippen LogP contribution is 2.33. The highest BCUT2D eigenvalue weighted by atomic mass is 19.4. The van der Waals surface area contributed by atoms with Gasteiger partial charge in [0, 0.05) is 13.1 Å². The molecule has 2 rings (SSSR count). The molecule has 0 saturated carbocycles. The third-order valence-corrected chi connectivity index (χ3v) is 3.02. The standard InChI is InChI=1S/C14H16F3N5O/c1-2-18-7-8-19-13(23)11-9-22(21-20-11)12-6-4-3-5-10(12)14(15,16)17/h3-6,9,18H,2,7-8H2,1H3,(H,19,23). The third kappa shape index (κ3) is 4.28. The van der Waals surface area contributed by atoms with Gasteiger partial charge in [0.1, 0.15) is 0 Å². The van der Waals surface area contributed by atoms with Crippen molar-refractivity contribution in [1.82, 2.24) is 25.6 Å². The number of carbonyl (C=O) groups excluding carboxylic acids is 1. The number of nitrogens with one attached hydrogen (secondary N) is 2. The van der Waals surface area contributed by atoms with Crippen LogP contribution >= 0.6 is 0 Å². The zero-order valence-electron chi connectivity index (χ0n) is 12.4. The minimum atomic E-state index is -4.52. The third-order valence-electron chi connectivity index (χ3n) is 3.02. The van der Waals surface area contributed by atoms with Crippen LogP contribution in [0.3, 0.4) is 0 Å². The Balaban J connectivity index is 2.15. The number of nitrogens with zero attached hydrogens (tertiary/aromatic N) is 3. The second-order valence-electron chi connectivity index (χ2n) is 4.67. The number of halogens is 3. The minimum Gasteiger partial charge on any atom is -0.349 e. The zero-order valence-corrected chi connectivity index (χ0v) is 12.4. The Morgan fingerprint density at radius 3 is 2.70 bits per heavy atom. The molecule has 0 radical (unpaired) electrons. The van der Waals surface area contributed by atoms with Gasteiger partial charge in [-0.15, -0.1) is 5.10 Å². The van der Waals surface area contributed by atoms with Gasteiger partial charge in [0.25, 0.3) is 5.91 Å². The summed E-state index contributed by atoms with van der Waals surface area (Å²) < 4.78 is 39.9. The van der Waals surface area contributed by atoms with E-state index in [1.54, 1.807) is 0 Å². The topological polar surface area (TPSA) is 71.8 Å². The molecule has 1 heterocycles. The van der Waals surface area contributed by atoms with Gasteiger partial charge in [0.2, 0.25) is 0 Å². The Hall–Kier alpha value is -2.42. The summed E-state index contributed by atoms with van der Waals surface area (Å²) in [5, 5.41) is 12.9. The van der Waals surface area contributed by atoms with Gasteiger partial charge in [-0.05, 0) is 18.7 Å². The average molecular weight is 327 g/mol. The van der Waals surface area contributed by atoms with Crippen molar-refractivity contribution in [2.75, 3.05) is 19.6 Å².